The van der Waals surface area contributed by atoms with Gasteiger partial charge in [0, 0.05) is 17.3 Å². The molecule has 20 heavy (non-hydrogen) atoms. The molecule has 101 valence electrons. The molecular weight excluding hydrogens is 246 g/mol. The smallest absolute Gasteiger partial charge is 0.117 e. The van der Waals surface area contributed by atoms with Gasteiger partial charge >= 0.3 is 0 Å². The largest absolute Gasteiger partial charge is 0.296 e. The molecule has 3 heteroatoms. The van der Waals surface area contributed by atoms with E-state index in [2.05, 4.69) is 41.6 Å². The van der Waals surface area contributed by atoms with Gasteiger partial charge in [0.15, 0.2) is 0 Å². The Labute approximate surface area is 119 Å². The van der Waals surface area contributed by atoms with Crippen molar-refractivity contribution in [2.75, 3.05) is 0 Å². The van der Waals surface area contributed by atoms with E-state index in [9.17, 15) is 0 Å². The number of fused-ring (bicyclic) bond motifs is 1. The maximum Gasteiger partial charge on any atom is 0.117 e. The number of pyridine rings is 1. The van der Waals surface area contributed by atoms with Gasteiger partial charge in [-0.1, -0.05) is 26.0 Å². The van der Waals surface area contributed by atoms with Crippen LogP contribution in [0.2, 0.25) is 0 Å². The minimum atomic E-state index is 0.349. The topological polar surface area (TPSA) is 30.7 Å². The third kappa shape index (κ3) is 1.99. The summed E-state index contributed by atoms with van der Waals surface area (Å²) in [5, 5.41) is 0. The van der Waals surface area contributed by atoms with Gasteiger partial charge < -0.3 is 0 Å². The predicted octanol–water partition coefficient (Wildman–Crippen LogP) is 3.96. The lowest BCUT2D eigenvalue weighted by Crippen LogP contribution is -2.03. The van der Waals surface area contributed by atoms with Crippen molar-refractivity contribution in [1.82, 2.24) is 14.5 Å². The van der Waals surface area contributed by atoms with Gasteiger partial charge in [-0.25, -0.2) is 4.98 Å². The molecule has 0 fully saturated rings. The summed E-state index contributed by atoms with van der Waals surface area (Å²) in [4.78, 5) is 9.34. The normalized spacial score (nSPS) is 11.4. The van der Waals surface area contributed by atoms with Crippen LogP contribution >= 0.6 is 0 Å². The second kappa shape index (κ2) is 4.75. The lowest BCUT2D eigenvalue weighted by Gasteiger charge is -2.11. The summed E-state index contributed by atoms with van der Waals surface area (Å²) < 4.78 is 2.22. The predicted molar refractivity (Wildman–Crippen MR) is 81.3 cm³/mol. The number of imidazole rings is 1. The molecule has 1 aromatic carbocycles. The Bertz CT molecular complexity index is 755. The van der Waals surface area contributed by atoms with E-state index in [1.807, 2.05) is 32.0 Å². The molecule has 0 atom stereocenters. The Kier molecular flexibility index (Phi) is 3.05. The summed E-state index contributed by atoms with van der Waals surface area (Å²) in [5.74, 6) is 1.41. The Hall–Kier alpha value is -2.16. The first-order chi connectivity index (χ1) is 9.58. The van der Waals surface area contributed by atoms with Gasteiger partial charge in [0.25, 0.3) is 0 Å². The lowest BCUT2D eigenvalue weighted by molar-refractivity contribution is 0.759. The van der Waals surface area contributed by atoms with Crippen LogP contribution < -0.4 is 0 Å². The van der Waals surface area contributed by atoms with Gasteiger partial charge in [0.1, 0.15) is 11.3 Å². The molecular formula is C17H18N3. The molecule has 2 aromatic heterocycles. The van der Waals surface area contributed by atoms with Gasteiger partial charge in [-0.2, -0.15) is 0 Å². The molecule has 0 aliphatic carbocycles. The van der Waals surface area contributed by atoms with E-state index in [0.717, 1.165) is 33.9 Å². The minimum Gasteiger partial charge on any atom is -0.296 e. The number of aromatic nitrogens is 3. The molecule has 2 heterocycles. The van der Waals surface area contributed by atoms with Gasteiger partial charge in [-0.05, 0) is 38.1 Å². The van der Waals surface area contributed by atoms with Crippen LogP contribution in [0.15, 0.2) is 30.3 Å². The second-order valence-electron chi connectivity index (χ2n) is 5.44. The molecule has 1 radical (unpaired) electrons. The number of nitrogens with zero attached hydrogens (tertiary/aromatic N) is 3. The van der Waals surface area contributed by atoms with Gasteiger partial charge in [-0.3, -0.25) is 9.55 Å². The molecule has 3 nitrogen and oxygen atoms in total. The maximum absolute atomic E-state index is 4.82. The third-order valence-electron chi connectivity index (χ3n) is 3.44. The van der Waals surface area contributed by atoms with Crippen molar-refractivity contribution < 1.29 is 0 Å². The highest BCUT2D eigenvalue weighted by molar-refractivity contribution is 5.80. The van der Waals surface area contributed by atoms with Crippen molar-refractivity contribution in [2.45, 2.75) is 33.6 Å². The average Bonchev–Trinajstić information content (AvgIpc) is 2.79. The number of rotatable bonds is 2. The first-order valence-electron chi connectivity index (χ1n) is 6.91. The molecule has 0 amide bonds. The van der Waals surface area contributed by atoms with E-state index in [0.29, 0.717) is 5.92 Å². The van der Waals surface area contributed by atoms with Crippen molar-refractivity contribution in [1.29, 1.82) is 0 Å². The van der Waals surface area contributed by atoms with Gasteiger partial charge in [0.05, 0.1) is 11.2 Å². The van der Waals surface area contributed by atoms with E-state index in [-0.39, 0.29) is 0 Å². The van der Waals surface area contributed by atoms with Crippen LogP contribution in [0.1, 0.15) is 37.0 Å². The Morgan fingerprint density at radius 3 is 2.65 bits per heavy atom. The number of hydrogen-bond acceptors (Lipinski definition) is 2. The van der Waals surface area contributed by atoms with Gasteiger partial charge in [-0.15, -0.1) is 0 Å². The van der Waals surface area contributed by atoms with Crippen LogP contribution in [0.5, 0.6) is 0 Å². The van der Waals surface area contributed by atoms with E-state index < -0.39 is 0 Å². The standard InChI is InChI=1S/C17H18N3/c1-11(2)17-19-16-13(4)18-12(3)10-15(16)20(17)14-8-6-5-7-9-14/h5-6,8-11H,1-4H3. The first kappa shape index (κ1) is 12.9. The monoisotopic (exact) mass is 264 g/mol. The van der Waals surface area contributed by atoms with Crippen molar-refractivity contribution >= 4 is 11.0 Å². The van der Waals surface area contributed by atoms with Crippen LogP contribution in [-0.2, 0) is 0 Å². The molecule has 0 saturated heterocycles. The highest BCUT2D eigenvalue weighted by atomic mass is 15.1. The molecule has 0 N–H and O–H groups in total. The fourth-order valence-corrected chi connectivity index (χ4v) is 2.58. The van der Waals surface area contributed by atoms with E-state index in [4.69, 9.17) is 4.98 Å². The molecule has 0 saturated carbocycles. The minimum absolute atomic E-state index is 0.349. The summed E-state index contributed by atoms with van der Waals surface area (Å²) in [6, 6.07) is 13.3. The molecule has 3 rings (SSSR count). The molecule has 0 unspecified atom stereocenters. The lowest BCUT2D eigenvalue weighted by atomic mass is 10.2. The fourth-order valence-electron chi connectivity index (χ4n) is 2.58. The third-order valence-corrected chi connectivity index (χ3v) is 3.44. The zero-order valence-electron chi connectivity index (χ0n) is 12.3. The summed E-state index contributed by atoms with van der Waals surface area (Å²) in [7, 11) is 0. The fraction of sp³-hybridized carbons (Fsp3) is 0.294. The Morgan fingerprint density at radius 2 is 2.00 bits per heavy atom. The van der Waals surface area contributed by atoms with Crippen molar-refractivity contribution in [3.8, 4) is 5.69 Å². The van der Waals surface area contributed by atoms with E-state index >= 15 is 0 Å². The summed E-state index contributed by atoms with van der Waals surface area (Å²) in [6.07, 6.45) is 0. The summed E-state index contributed by atoms with van der Waals surface area (Å²) in [6.45, 7) is 8.38. The van der Waals surface area contributed by atoms with Crippen molar-refractivity contribution in [3.63, 3.8) is 0 Å². The summed E-state index contributed by atoms with van der Waals surface area (Å²) >= 11 is 0. The maximum atomic E-state index is 4.82. The zero-order chi connectivity index (χ0) is 14.3. The van der Waals surface area contributed by atoms with Crippen LogP contribution in [0, 0.1) is 19.9 Å². The molecule has 0 spiro atoms. The quantitative estimate of drug-likeness (QED) is 0.701. The number of benzene rings is 1. The second-order valence-corrected chi connectivity index (χ2v) is 5.44. The molecule has 3 aromatic rings. The van der Waals surface area contributed by atoms with Crippen LogP contribution in [0.4, 0.5) is 0 Å². The highest BCUT2D eigenvalue weighted by Crippen LogP contribution is 2.27. The molecule has 0 aliphatic heterocycles. The average molecular weight is 264 g/mol. The number of aryl methyl sites for hydroxylation is 2. The SMILES string of the molecule is Cc1cc2c(nc(C(C)C)n2-c2c[c]ccc2)c(C)n1. The Balaban J connectivity index is 2.41. The molecule has 0 bridgehead atoms. The van der Waals surface area contributed by atoms with Gasteiger partial charge in [0.2, 0.25) is 0 Å². The van der Waals surface area contributed by atoms with Crippen molar-refractivity contribution in [2.24, 2.45) is 0 Å². The number of hydrogen-bond donors (Lipinski definition) is 0. The van der Waals surface area contributed by atoms with Crippen LogP contribution in [0.25, 0.3) is 16.7 Å². The summed E-state index contributed by atoms with van der Waals surface area (Å²) in [5.41, 5.74) is 5.22. The van der Waals surface area contributed by atoms with E-state index in [1.54, 1.807) is 0 Å². The van der Waals surface area contributed by atoms with E-state index in [1.165, 1.54) is 0 Å². The van der Waals surface area contributed by atoms with Crippen LogP contribution in [-0.4, -0.2) is 14.5 Å². The highest BCUT2D eigenvalue weighted by Gasteiger charge is 2.17. The molecule has 0 aliphatic rings. The zero-order valence-corrected chi connectivity index (χ0v) is 12.3. The van der Waals surface area contributed by atoms with Crippen LogP contribution in [0.3, 0.4) is 0 Å². The first-order valence-corrected chi connectivity index (χ1v) is 6.91. The Morgan fingerprint density at radius 1 is 1.20 bits per heavy atom. The van der Waals surface area contributed by atoms with Crippen molar-refractivity contribution in [3.05, 3.63) is 53.6 Å².